The van der Waals surface area contributed by atoms with Crippen molar-refractivity contribution in [2.45, 2.75) is 142 Å². The van der Waals surface area contributed by atoms with Crippen LogP contribution in [-0.2, 0) is 70.3 Å². The molecular formula is C71H92N8O16. The molecule has 0 spiro atoms. The Morgan fingerprint density at radius 3 is 2.08 bits per heavy atom. The number of hydrogen-bond donors (Lipinski definition) is 5. The molecule has 8 amide bonds. The molecule has 6 atom stereocenters. The molecule has 24 heteroatoms. The molecule has 2 fully saturated rings. The van der Waals surface area contributed by atoms with Crippen LogP contribution in [0.4, 0.5) is 5.69 Å². The van der Waals surface area contributed by atoms with Crippen molar-refractivity contribution in [3.05, 3.63) is 138 Å². The number of amides is 8. The van der Waals surface area contributed by atoms with Crippen LogP contribution in [0, 0.1) is 11.3 Å². The summed E-state index contributed by atoms with van der Waals surface area (Å²) >= 11 is 0. The van der Waals surface area contributed by atoms with Gasteiger partial charge in [0.25, 0.3) is 11.8 Å². The van der Waals surface area contributed by atoms with Crippen LogP contribution in [0.2, 0.25) is 0 Å². The van der Waals surface area contributed by atoms with Crippen molar-refractivity contribution in [3.63, 3.8) is 0 Å². The molecule has 2 saturated heterocycles. The van der Waals surface area contributed by atoms with Gasteiger partial charge >= 0.3 is 11.9 Å². The van der Waals surface area contributed by atoms with Crippen molar-refractivity contribution >= 4 is 70.7 Å². The normalized spacial score (nSPS) is 15.8. The number of nitrogens with zero attached hydrogens (tertiary/aromatic N) is 4. The van der Waals surface area contributed by atoms with Gasteiger partial charge in [0.15, 0.2) is 11.5 Å². The highest BCUT2D eigenvalue weighted by molar-refractivity contribution is 6.38. The summed E-state index contributed by atoms with van der Waals surface area (Å²) in [5.41, 5.74) is 1.32. The first kappa shape index (κ1) is 74.6. The van der Waals surface area contributed by atoms with Crippen LogP contribution in [0.3, 0.4) is 0 Å². The number of hydrogen-bond acceptors (Lipinski definition) is 16. The molecular weight excluding hydrogens is 1220 g/mol. The number of esters is 2. The second-order valence-corrected chi connectivity index (χ2v) is 24.9. The second kappa shape index (κ2) is 35.7. The maximum Gasteiger partial charge on any atom is 0.330 e. The predicted molar refractivity (Wildman–Crippen MR) is 353 cm³/mol. The van der Waals surface area contributed by atoms with E-state index in [9.17, 15) is 53.1 Å². The molecule has 4 aromatic rings. The molecule has 0 saturated carbocycles. The molecule has 2 aliphatic heterocycles. The highest BCUT2D eigenvalue weighted by Crippen LogP contribution is 2.33. The van der Waals surface area contributed by atoms with Crippen molar-refractivity contribution in [1.29, 1.82) is 0 Å². The molecule has 0 bridgehead atoms. The van der Waals surface area contributed by atoms with Gasteiger partial charge in [0.05, 0.1) is 26.2 Å². The number of benzene rings is 4. The number of ether oxygens (including phenoxy) is 4. The van der Waals surface area contributed by atoms with Gasteiger partial charge in [0, 0.05) is 76.9 Å². The maximum absolute atomic E-state index is 15.1. The Balaban J connectivity index is 1.20. The highest BCUT2D eigenvalue weighted by atomic mass is 16.5. The van der Waals surface area contributed by atoms with E-state index in [1.54, 1.807) is 110 Å². The number of ketones is 1. The first-order chi connectivity index (χ1) is 45.3. The second-order valence-electron chi connectivity index (χ2n) is 24.9. The van der Waals surface area contributed by atoms with Crippen molar-refractivity contribution in [1.82, 2.24) is 35.6 Å². The zero-order valence-electron chi connectivity index (χ0n) is 55.9. The Morgan fingerprint density at radius 1 is 0.758 bits per heavy atom. The number of piperidine rings is 1. The van der Waals surface area contributed by atoms with Gasteiger partial charge in [-0.25, -0.2) is 9.59 Å². The molecule has 6 rings (SSSR count). The van der Waals surface area contributed by atoms with E-state index >= 15 is 4.79 Å². The number of Topliss-reactive ketones (excluding diaryl/α,β-unsaturated/α-hetero) is 1. The molecule has 0 aromatic heterocycles. The largest absolute Gasteiger partial charge is 0.493 e. The molecule has 4 aromatic carbocycles. The Hall–Kier alpha value is -9.45. The molecule has 512 valence electrons. The molecule has 95 heavy (non-hydrogen) atoms. The number of carbonyl (C=O) groups is 11. The number of anilines is 1. The van der Waals surface area contributed by atoms with E-state index in [0.29, 0.717) is 73.3 Å². The third-order valence-electron chi connectivity index (χ3n) is 16.9. The van der Waals surface area contributed by atoms with Crippen LogP contribution >= 0.6 is 0 Å². The van der Waals surface area contributed by atoms with Crippen LogP contribution in [-0.4, -0.2) is 182 Å². The van der Waals surface area contributed by atoms with Gasteiger partial charge in [-0.1, -0.05) is 81.1 Å². The number of aliphatic hydroxyl groups is 1. The van der Waals surface area contributed by atoms with E-state index in [1.807, 2.05) is 26.8 Å². The number of nitrogens with one attached hydrogen (secondary N) is 4. The lowest BCUT2D eigenvalue weighted by Crippen LogP contribution is -2.58. The SMILES string of the molecule is C=CC(=O)OCC(C)(C)C(=O)C(=O)N1CCCC[C@H]1C(=O)O[C@H](CCc1ccc(OC)c(OC)c1)c1cccc(NC(=O)CCC(=O)N[C@H](C(=O)N[C@@H](Cc2ccc(C(=O)NCCO)cc2)C(=O)N2CCC[C@@H]2C(=O)N(C)[C@@H](CC(C)C)C(=O)N(C)CC)c2ccccc2)c1. The van der Waals surface area contributed by atoms with Gasteiger partial charge < -0.3 is 64.9 Å². The van der Waals surface area contributed by atoms with Gasteiger partial charge in [0.2, 0.25) is 41.2 Å². The quantitative estimate of drug-likeness (QED) is 0.0208. The van der Waals surface area contributed by atoms with Crippen LogP contribution in [0.1, 0.15) is 137 Å². The lowest BCUT2D eigenvalue weighted by molar-refractivity contribution is -0.165. The van der Waals surface area contributed by atoms with Crippen molar-refractivity contribution < 1.29 is 76.8 Å². The fraction of sp³-hybridized carbons (Fsp3) is 0.479. The summed E-state index contributed by atoms with van der Waals surface area (Å²) < 4.78 is 22.4. The lowest BCUT2D eigenvalue weighted by Gasteiger charge is -2.36. The van der Waals surface area contributed by atoms with E-state index in [4.69, 9.17) is 18.9 Å². The number of rotatable bonds is 33. The summed E-state index contributed by atoms with van der Waals surface area (Å²) in [6, 6.07) is 21.0. The minimum absolute atomic E-state index is 0.0341. The van der Waals surface area contributed by atoms with Crippen LogP contribution < -0.4 is 30.7 Å². The Bertz CT molecular complexity index is 3380. The maximum atomic E-state index is 15.1. The first-order valence-electron chi connectivity index (χ1n) is 32.3. The number of aliphatic hydroxyl groups excluding tert-OH is 1. The van der Waals surface area contributed by atoms with E-state index in [0.717, 1.165) is 11.6 Å². The predicted octanol–water partition coefficient (Wildman–Crippen LogP) is 5.99. The summed E-state index contributed by atoms with van der Waals surface area (Å²) in [4.78, 5) is 158. The summed E-state index contributed by atoms with van der Waals surface area (Å²) in [6.45, 7) is 12.1. The summed E-state index contributed by atoms with van der Waals surface area (Å²) in [5.74, 6) is -5.98. The average Bonchev–Trinajstić information content (AvgIpc) is 1.84. The fourth-order valence-electron chi connectivity index (χ4n) is 11.4. The smallest absolute Gasteiger partial charge is 0.330 e. The van der Waals surface area contributed by atoms with Crippen molar-refractivity contribution in [2.24, 2.45) is 11.3 Å². The van der Waals surface area contributed by atoms with Gasteiger partial charge in [0.1, 0.15) is 42.9 Å². The zero-order valence-corrected chi connectivity index (χ0v) is 55.9. The number of aryl methyl sites for hydroxylation is 1. The fourth-order valence-corrected chi connectivity index (χ4v) is 11.4. The van der Waals surface area contributed by atoms with Crippen molar-refractivity contribution in [2.75, 3.05) is 73.0 Å². The third-order valence-corrected chi connectivity index (χ3v) is 16.9. The molecule has 5 N–H and O–H groups in total. The van der Waals surface area contributed by atoms with E-state index in [1.165, 1.54) is 42.8 Å². The van der Waals surface area contributed by atoms with Crippen LogP contribution in [0.15, 0.2) is 110 Å². The van der Waals surface area contributed by atoms with Gasteiger partial charge in [-0.3, -0.25) is 43.2 Å². The average molecular weight is 1310 g/mol. The highest BCUT2D eigenvalue weighted by Gasteiger charge is 2.44. The minimum Gasteiger partial charge on any atom is -0.493 e. The van der Waals surface area contributed by atoms with Crippen LogP contribution in [0.25, 0.3) is 0 Å². The Kier molecular flexibility index (Phi) is 28.0. The molecule has 0 aliphatic carbocycles. The van der Waals surface area contributed by atoms with Gasteiger partial charge in [-0.15, -0.1) is 0 Å². The van der Waals surface area contributed by atoms with Crippen LogP contribution in [0.5, 0.6) is 11.5 Å². The van der Waals surface area contributed by atoms with E-state index < -0.39 is 114 Å². The Labute approximate surface area is 555 Å². The molecule has 2 heterocycles. The molecule has 0 unspecified atom stereocenters. The standard InChI is InChI=1S/C71H92N8O16/c1-11-61(83)94-44-71(5,6)63(84)69(90)79-37-17-16-24-54(79)70(91)95-56(32-28-47-29-33-57(92-9)58(42-47)93-10)50-22-18-23-51(43-50)73-59(81)34-35-60(82)75-62(48-20-14-13-15-21-48)65(86)74-52(41-46-26-30-49(31-27-46)64(85)72-36-39-80)66(87)78-38-19-25-53(78)68(89)77(8)55(40-45(3)4)67(88)76(7)12-2/h11,13-15,18,20-23,26-27,29-31,33,42-43,45,52-56,62,80H,1,12,16-17,19,24-25,28,32,34-41,44H2,2-10H3,(H,72,85)(H,73,81)(H,74,86)(H,75,82)/t52-,53+,54-,55-,56+,62-/m0/s1. The van der Waals surface area contributed by atoms with Crippen molar-refractivity contribution in [3.8, 4) is 11.5 Å². The molecule has 24 nitrogen and oxygen atoms in total. The lowest BCUT2D eigenvalue weighted by atomic mass is 9.87. The van der Waals surface area contributed by atoms with Gasteiger partial charge in [-0.05, 0) is 137 Å². The number of likely N-dealkylation sites (N-methyl/N-ethyl adjacent to an activating group) is 2. The molecule has 2 aliphatic rings. The number of carbonyl (C=O) groups excluding carboxylic acids is 11. The van der Waals surface area contributed by atoms with E-state index in [2.05, 4.69) is 27.8 Å². The minimum atomic E-state index is -1.43. The zero-order chi connectivity index (χ0) is 69.5. The summed E-state index contributed by atoms with van der Waals surface area (Å²) in [7, 11) is 6.26. The first-order valence-corrected chi connectivity index (χ1v) is 32.3. The molecule has 0 radical (unpaired) electrons. The topological polar surface area (TPSA) is 306 Å². The summed E-state index contributed by atoms with van der Waals surface area (Å²) in [5, 5.41) is 20.3. The number of methoxy groups -OCH3 is 2. The number of likely N-dealkylation sites (tertiary alicyclic amines) is 2. The monoisotopic (exact) mass is 1310 g/mol. The van der Waals surface area contributed by atoms with Gasteiger partial charge in [-0.2, -0.15) is 0 Å². The third kappa shape index (κ3) is 20.8. The van der Waals surface area contributed by atoms with E-state index in [-0.39, 0.29) is 75.0 Å². The Morgan fingerprint density at radius 2 is 1.42 bits per heavy atom. The summed E-state index contributed by atoms with van der Waals surface area (Å²) in [6.07, 6.45) is 2.12.